The molecule has 4 nitrogen and oxygen atoms in total. The van der Waals surface area contributed by atoms with Crippen molar-refractivity contribution in [3.05, 3.63) is 70.5 Å². The summed E-state index contributed by atoms with van der Waals surface area (Å²) in [5.74, 6) is 0.182. The van der Waals surface area contributed by atoms with Gasteiger partial charge in [-0.05, 0) is 61.1 Å². The second-order valence-electron chi connectivity index (χ2n) is 7.88. The predicted molar refractivity (Wildman–Crippen MR) is 110 cm³/mol. The second kappa shape index (κ2) is 8.54. The van der Waals surface area contributed by atoms with Gasteiger partial charge in [-0.2, -0.15) is 0 Å². The van der Waals surface area contributed by atoms with Crippen molar-refractivity contribution in [3.63, 3.8) is 0 Å². The van der Waals surface area contributed by atoms with Crippen molar-refractivity contribution in [3.8, 4) is 0 Å². The van der Waals surface area contributed by atoms with Crippen molar-refractivity contribution in [2.45, 2.75) is 31.7 Å². The number of benzene rings is 2. The lowest BCUT2D eigenvalue weighted by Gasteiger charge is -2.47. The molecule has 0 saturated carbocycles. The molecule has 0 N–H and O–H groups in total. The number of carbonyl (C=O) groups excluding carboxylic acids is 2. The summed E-state index contributed by atoms with van der Waals surface area (Å²) in [6, 6.07) is 13.7. The number of hydrogen-bond donors (Lipinski definition) is 0. The van der Waals surface area contributed by atoms with E-state index in [1.165, 1.54) is 12.1 Å². The van der Waals surface area contributed by atoms with Crippen LogP contribution in [-0.4, -0.2) is 47.3 Å². The van der Waals surface area contributed by atoms with Gasteiger partial charge in [0.2, 0.25) is 5.91 Å². The largest absolute Gasteiger partial charge is 0.339 e. The van der Waals surface area contributed by atoms with E-state index in [0.717, 1.165) is 18.4 Å². The SMILES string of the molecule is O=C(c1cccc(Cl)c1)N1CC[C@H]2[C@H](CCC(=O)N2CCc2cccc(F)c2)C1. The average molecular weight is 415 g/mol. The molecule has 2 aliphatic rings. The number of halogens is 2. The summed E-state index contributed by atoms with van der Waals surface area (Å²) >= 11 is 6.03. The Morgan fingerprint density at radius 1 is 1.14 bits per heavy atom. The number of rotatable bonds is 4. The summed E-state index contributed by atoms with van der Waals surface area (Å²) in [6.45, 7) is 1.86. The monoisotopic (exact) mass is 414 g/mol. The van der Waals surface area contributed by atoms with Gasteiger partial charge in [-0.25, -0.2) is 4.39 Å². The Morgan fingerprint density at radius 2 is 1.97 bits per heavy atom. The van der Waals surface area contributed by atoms with Gasteiger partial charge in [0.05, 0.1) is 0 Å². The minimum Gasteiger partial charge on any atom is -0.339 e. The molecule has 0 unspecified atom stereocenters. The lowest BCUT2D eigenvalue weighted by atomic mass is 9.83. The first kappa shape index (κ1) is 19.9. The third kappa shape index (κ3) is 4.45. The maximum atomic E-state index is 13.4. The average Bonchev–Trinajstić information content (AvgIpc) is 2.72. The number of fused-ring (bicyclic) bond motifs is 1. The Labute approximate surface area is 175 Å². The molecule has 4 rings (SSSR count). The van der Waals surface area contributed by atoms with Gasteiger partial charge in [-0.15, -0.1) is 0 Å². The summed E-state index contributed by atoms with van der Waals surface area (Å²) in [5.41, 5.74) is 1.50. The van der Waals surface area contributed by atoms with Gasteiger partial charge in [-0.1, -0.05) is 29.8 Å². The number of nitrogens with zero attached hydrogens (tertiary/aromatic N) is 2. The molecule has 2 aromatic rings. The standard InChI is InChI=1S/C23H24ClFN2O2/c24-19-5-2-4-17(14-19)23(29)26-11-10-21-18(15-26)7-8-22(28)27(21)12-9-16-3-1-6-20(25)13-16/h1-6,13-14,18,21H,7-12,15H2/t18-,21+/m1/s1. The number of amides is 2. The van der Waals surface area contributed by atoms with Crippen LogP contribution in [0.15, 0.2) is 48.5 Å². The molecule has 2 atom stereocenters. The van der Waals surface area contributed by atoms with Crippen LogP contribution in [0.5, 0.6) is 0 Å². The maximum Gasteiger partial charge on any atom is 0.253 e. The van der Waals surface area contributed by atoms with Gasteiger partial charge in [-0.3, -0.25) is 9.59 Å². The summed E-state index contributed by atoms with van der Waals surface area (Å²) < 4.78 is 13.4. The summed E-state index contributed by atoms with van der Waals surface area (Å²) in [6.07, 6.45) is 2.71. The van der Waals surface area contributed by atoms with E-state index in [2.05, 4.69) is 0 Å². The fourth-order valence-corrected chi connectivity index (χ4v) is 4.76. The topological polar surface area (TPSA) is 40.6 Å². The first-order valence-corrected chi connectivity index (χ1v) is 10.5. The van der Waals surface area contributed by atoms with Crippen molar-refractivity contribution in [1.82, 2.24) is 9.80 Å². The number of carbonyl (C=O) groups is 2. The van der Waals surface area contributed by atoms with Gasteiger partial charge in [0, 0.05) is 42.7 Å². The van der Waals surface area contributed by atoms with E-state index in [1.807, 2.05) is 15.9 Å². The Morgan fingerprint density at radius 3 is 2.76 bits per heavy atom. The van der Waals surface area contributed by atoms with Gasteiger partial charge >= 0.3 is 0 Å². The second-order valence-corrected chi connectivity index (χ2v) is 8.32. The molecule has 0 aliphatic carbocycles. The summed E-state index contributed by atoms with van der Waals surface area (Å²) in [7, 11) is 0. The van der Waals surface area contributed by atoms with E-state index < -0.39 is 0 Å². The minimum atomic E-state index is -0.252. The molecule has 152 valence electrons. The molecule has 29 heavy (non-hydrogen) atoms. The molecular weight excluding hydrogens is 391 g/mol. The third-order valence-electron chi connectivity index (χ3n) is 6.03. The van der Waals surface area contributed by atoms with Gasteiger partial charge in [0.15, 0.2) is 0 Å². The van der Waals surface area contributed by atoms with Gasteiger partial charge in [0.1, 0.15) is 5.82 Å². The van der Waals surface area contributed by atoms with Crippen LogP contribution in [0, 0.1) is 11.7 Å². The van der Waals surface area contributed by atoms with Gasteiger partial charge < -0.3 is 9.80 Å². The molecule has 2 saturated heterocycles. The van der Waals surface area contributed by atoms with Crippen molar-refractivity contribution in [2.24, 2.45) is 5.92 Å². The predicted octanol–water partition coefficient (Wildman–Crippen LogP) is 4.17. The lowest BCUT2D eigenvalue weighted by Crippen LogP contribution is -2.57. The molecule has 2 heterocycles. The third-order valence-corrected chi connectivity index (χ3v) is 6.27. The zero-order chi connectivity index (χ0) is 20.4. The van der Waals surface area contributed by atoms with Crippen molar-refractivity contribution < 1.29 is 14.0 Å². The maximum absolute atomic E-state index is 13.4. The van der Waals surface area contributed by atoms with Crippen molar-refractivity contribution in [2.75, 3.05) is 19.6 Å². The molecule has 2 aliphatic heterocycles. The van der Waals surface area contributed by atoms with E-state index in [-0.39, 0.29) is 29.6 Å². The zero-order valence-corrected chi connectivity index (χ0v) is 16.9. The van der Waals surface area contributed by atoms with Crippen LogP contribution in [0.1, 0.15) is 35.2 Å². The first-order chi connectivity index (χ1) is 14.0. The smallest absolute Gasteiger partial charge is 0.253 e. The zero-order valence-electron chi connectivity index (χ0n) is 16.2. The summed E-state index contributed by atoms with van der Waals surface area (Å²) in [4.78, 5) is 29.3. The Bertz CT molecular complexity index is 919. The van der Waals surface area contributed by atoms with Gasteiger partial charge in [0.25, 0.3) is 5.91 Å². The van der Waals surface area contributed by atoms with Crippen LogP contribution >= 0.6 is 11.6 Å². The number of hydrogen-bond acceptors (Lipinski definition) is 2. The molecule has 0 spiro atoms. The number of piperidine rings is 2. The van der Waals surface area contributed by atoms with E-state index in [9.17, 15) is 14.0 Å². The fraction of sp³-hybridized carbons (Fsp3) is 0.391. The van der Waals surface area contributed by atoms with Crippen molar-refractivity contribution in [1.29, 1.82) is 0 Å². The van der Waals surface area contributed by atoms with E-state index in [4.69, 9.17) is 11.6 Å². The molecule has 0 aromatic heterocycles. The normalized spacial score (nSPS) is 21.8. The van der Waals surface area contributed by atoms with Crippen LogP contribution in [0.3, 0.4) is 0 Å². The van der Waals surface area contributed by atoms with Crippen LogP contribution in [0.25, 0.3) is 0 Å². The Balaban J connectivity index is 1.42. The molecule has 0 bridgehead atoms. The van der Waals surface area contributed by atoms with Crippen molar-refractivity contribution >= 4 is 23.4 Å². The number of likely N-dealkylation sites (tertiary alicyclic amines) is 2. The highest BCUT2D eigenvalue weighted by Gasteiger charge is 2.40. The quantitative estimate of drug-likeness (QED) is 0.753. The minimum absolute atomic E-state index is 0.00541. The van der Waals surface area contributed by atoms with E-state index in [0.29, 0.717) is 43.1 Å². The van der Waals surface area contributed by atoms with Crippen LogP contribution in [-0.2, 0) is 11.2 Å². The molecular formula is C23H24ClFN2O2. The lowest BCUT2D eigenvalue weighted by molar-refractivity contribution is -0.140. The van der Waals surface area contributed by atoms with Crippen LogP contribution in [0.4, 0.5) is 4.39 Å². The molecule has 0 radical (unpaired) electrons. The molecule has 2 fully saturated rings. The molecule has 6 heteroatoms. The highest BCUT2D eigenvalue weighted by atomic mass is 35.5. The Hall–Kier alpha value is -2.40. The highest BCUT2D eigenvalue weighted by molar-refractivity contribution is 6.30. The first-order valence-electron chi connectivity index (χ1n) is 10.1. The molecule has 2 aromatic carbocycles. The van der Waals surface area contributed by atoms with Crippen LogP contribution in [0.2, 0.25) is 5.02 Å². The summed E-state index contributed by atoms with van der Waals surface area (Å²) in [5, 5.41) is 0.553. The fourth-order valence-electron chi connectivity index (χ4n) is 4.57. The Kier molecular flexibility index (Phi) is 5.86. The van der Waals surface area contributed by atoms with E-state index in [1.54, 1.807) is 30.3 Å². The molecule has 2 amide bonds. The van der Waals surface area contributed by atoms with E-state index >= 15 is 0 Å². The van der Waals surface area contributed by atoms with Crippen LogP contribution < -0.4 is 0 Å². The highest BCUT2D eigenvalue weighted by Crippen LogP contribution is 2.32.